The summed E-state index contributed by atoms with van der Waals surface area (Å²) in [4.78, 5) is 0. The molecule has 2 aliphatic rings. The zero-order chi connectivity index (χ0) is 10.3. The van der Waals surface area contributed by atoms with Crippen LogP contribution in [0.3, 0.4) is 0 Å². The van der Waals surface area contributed by atoms with Gasteiger partial charge >= 0.3 is 0 Å². The number of aromatic nitrogens is 2. The maximum Gasteiger partial charge on any atom is 0.131 e. The fourth-order valence-corrected chi connectivity index (χ4v) is 4.26. The third kappa shape index (κ3) is 1.76. The number of hydrogen-bond donors (Lipinski definition) is 0. The minimum Gasteiger partial charge on any atom is -0.264 e. The van der Waals surface area contributed by atoms with Crippen LogP contribution in [0.2, 0.25) is 0 Å². The van der Waals surface area contributed by atoms with Crippen molar-refractivity contribution >= 4 is 27.7 Å². The second-order valence-electron chi connectivity index (χ2n) is 4.40. The SMILES string of the molecule is Brc1nn(C2CCCC2)c2c1CCSC2. The van der Waals surface area contributed by atoms with Crippen LogP contribution in [-0.4, -0.2) is 15.5 Å². The van der Waals surface area contributed by atoms with Gasteiger partial charge < -0.3 is 0 Å². The number of nitrogens with zero attached hydrogens (tertiary/aromatic N) is 2. The van der Waals surface area contributed by atoms with E-state index in [9.17, 15) is 0 Å². The third-order valence-electron chi connectivity index (χ3n) is 3.48. The highest BCUT2D eigenvalue weighted by molar-refractivity contribution is 9.10. The fourth-order valence-electron chi connectivity index (χ4n) is 2.67. The van der Waals surface area contributed by atoms with Gasteiger partial charge in [0, 0.05) is 11.3 Å². The molecule has 0 atom stereocenters. The number of fused-ring (bicyclic) bond motifs is 1. The molecule has 1 aliphatic carbocycles. The maximum absolute atomic E-state index is 4.69. The molecule has 0 bridgehead atoms. The molecule has 2 heterocycles. The lowest BCUT2D eigenvalue weighted by Crippen LogP contribution is -2.12. The Hall–Kier alpha value is 0.0400. The average molecular weight is 287 g/mol. The Kier molecular flexibility index (Phi) is 2.81. The molecule has 0 N–H and O–H groups in total. The normalized spacial score (nSPS) is 21.9. The van der Waals surface area contributed by atoms with Crippen molar-refractivity contribution in [1.82, 2.24) is 9.78 Å². The molecule has 0 saturated heterocycles. The first-order chi connectivity index (χ1) is 7.36. The molecule has 2 nitrogen and oxygen atoms in total. The van der Waals surface area contributed by atoms with Gasteiger partial charge in [-0.1, -0.05) is 12.8 Å². The Balaban J connectivity index is 1.99. The summed E-state index contributed by atoms with van der Waals surface area (Å²) >= 11 is 5.65. The molecule has 0 radical (unpaired) electrons. The smallest absolute Gasteiger partial charge is 0.131 e. The van der Waals surface area contributed by atoms with Crippen LogP contribution < -0.4 is 0 Å². The van der Waals surface area contributed by atoms with Crippen molar-refractivity contribution in [3.8, 4) is 0 Å². The second-order valence-corrected chi connectivity index (χ2v) is 6.26. The predicted molar refractivity (Wildman–Crippen MR) is 67.3 cm³/mol. The van der Waals surface area contributed by atoms with Gasteiger partial charge in [-0.05, 0) is 40.9 Å². The highest BCUT2D eigenvalue weighted by atomic mass is 79.9. The summed E-state index contributed by atoms with van der Waals surface area (Å²) in [5, 5.41) is 4.69. The average Bonchev–Trinajstić information content (AvgIpc) is 2.87. The van der Waals surface area contributed by atoms with E-state index >= 15 is 0 Å². The van der Waals surface area contributed by atoms with Gasteiger partial charge in [0.2, 0.25) is 0 Å². The molecule has 1 aromatic rings. The third-order valence-corrected chi connectivity index (χ3v) is 5.08. The molecule has 0 amide bonds. The van der Waals surface area contributed by atoms with Gasteiger partial charge in [-0.25, -0.2) is 0 Å². The highest BCUT2D eigenvalue weighted by Gasteiger charge is 2.25. The molecule has 0 spiro atoms. The van der Waals surface area contributed by atoms with Crippen LogP contribution in [0.25, 0.3) is 0 Å². The van der Waals surface area contributed by atoms with Crippen LogP contribution in [0, 0.1) is 0 Å². The minimum atomic E-state index is 0.684. The van der Waals surface area contributed by atoms with Crippen molar-refractivity contribution in [2.24, 2.45) is 0 Å². The molecule has 0 aromatic carbocycles. The molecule has 15 heavy (non-hydrogen) atoms. The predicted octanol–water partition coefficient (Wildman–Crippen LogP) is 3.55. The van der Waals surface area contributed by atoms with E-state index in [1.165, 1.54) is 49.1 Å². The van der Waals surface area contributed by atoms with Crippen LogP contribution in [0.4, 0.5) is 0 Å². The van der Waals surface area contributed by atoms with E-state index in [1.807, 2.05) is 11.8 Å². The van der Waals surface area contributed by atoms with Gasteiger partial charge in [-0.15, -0.1) is 0 Å². The first-order valence-corrected chi connectivity index (χ1v) is 7.64. The van der Waals surface area contributed by atoms with Gasteiger partial charge in [0.15, 0.2) is 0 Å². The summed E-state index contributed by atoms with van der Waals surface area (Å²) in [5.41, 5.74) is 2.96. The molecule has 82 valence electrons. The molecule has 4 heteroatoms. The Bertz CT molecular complexity index is 369. The van der Waals surface area contributed by atoms with E-state index in [-0.39, 0.29) is 0 Å². The lowest BCUT2D eigenvalue weighted by molar-refractivity contribution is 0.453. The van der Waals surface area contributed by atoms with Crippen molar-refractivity contribution < 1.29 is 0 Å². The number of rotatable bonds is 1. The summed E-state index contributed by atoms with van der Waals surface area (Å²) in [6, 6.07) is 0.684. The fraction of sp³-hybridized carbons (Fsp3) is 0.727. The van der Waals surface area contributed by atoms with Crippen molar-refractivity contribution in [2.45, 2.75) is 43.9 Å². The monoisotopic (exact) mass is 286 g/mol. The van der Waals surface area contributed by atoms with Gasteiger partial charge in [0.05, 0.1) is 11.7 Å². The van der Waals surface area contributed by atoms with Gasteiger partial charge in [0.25, 0.3) is 0 Å². The van der Waals surface area contributed by atoms with E-state index in [0.29, 0.717) is 6.04 Å². The lowest BCUT2D eigenvalue weighted by Gasteiger charge is -2.17. The lowest BCUT2D eigenvalue weighted by atomic mass is 10.2. The van der Waals surface area contributed by atoms with Crippen molar-refractivity contribution in [2.75, 3.05) is 5.75 Å². The zero-order valence-corrected chi connectivity index (χ0v) is 11.1. The van der Waals surface area contributed by atoms with Crippen LogP contribution in [0.1, 0.15) is 43.0 Å². The second kappa shape index (κ2) is 4.13. The number of hydrogen-bond acceptors (Lipinski definition) is 2. The van der Waals surface area contributed by atoms with Crippen molar-refractivity contribution in [3.05, 3.63) is 15.9 Å². The van der Waals surface area contributed by atoms with Gasteiger partial charge in [0.1, 0.15) is 4.60 Å². The zero-order valence-electron chi connectivity index (χ0n) is 8.71. The molecule has 1 aromatic heterocycles. The number of halogens is 1. The quantitative estimate of drug-likeness (QED) is 0.786. The van der Waals surface area contributed by atoms with E-state index in [0.717, 1.165) is 10.4 Å². The Morgan fingerprint density at radius 2 is 2.13 bits per heavy atom. The number of thioether (sulfide) groups is 1. The van der Waals surface area contributed by atoms with Crippen LogP contribution >= 0.6 is 27.7 Å². The van der Waals surface area contributed by atoms with E-state index in [4.69, 9.17) is 5.10 Å². The molecule has 3 rings (SSSR count). The Morgan fingerprint density at radius 1 is 1.33 bits per heavy atom. The Labute approximate surface area is 103 Å². The first-order valence-electron chi connectivity index (χ1n) is 5.70. The minimum absolute atomic E-state index is 0.684. The van der Waals surface area contributed by atoms with E-state index < -0.39 is 0 Å². The largest absolute Gasteiger partial charge is 0.264 e. The standard InChI is InChI=1S/C11H15BrN2S/c12-11-9-5-6-15-7-10(9)14(13-11)8-3-1-2-4-8/h8H,1-7H2. The maximum atomic E-state index is 4.69. The summed E-state index contributed by atoms with van der Waals surface area (Å²) in [6.07, 6.45) is 6.60. The van der Waals surface area contributed by atoms with Crippen LogP contribution in [-0.2, 0) is 12.2 Å². The molecular weight excluding hydrogens is 272 g/mol. The van der Waals surface area contributed by atoms with Crippen molar-refractivity contribution in [1.29, 1.82) is 0 Å². The first kappa shape index (κ1) is 10.2. The topological polar surface area (TPSA) is 17.8 Å². The molecular formula is C11H15BrN2S. The summed E-state index contributed by atoms with van der Waals surface area (Å²) < 4.78 is 3.42. The van der Waals surface area contributed by atoms with E-state index in [1.54, 1.807) is 0 Å². The van der Waals surface area contributed by atoms with Crippen LogP contribution in [0.15, 0.2) is 4.60 Å². The van der Waals surface area contributed by atoms with Gasteiger partial charge in [-0.3, -0.25) is 4.68 Å². The summed E-state index contributed by atoms with van der Waals surface area (Å²) in [7, 11) is 0. The molecule has 1 aliphatic heterocycles. The molecule has 1 fully saturated rings. The van der Waals surface area contributed by atoms with E-state index in [2.05, 4.69) is 20.6 Å². The molecule has 1 saturated carbocycles. The summed E-state index contributed by atoms with van der Waals surface area (Å²) in [6.45, 7) is 0. The van der Waals surface area contributed by atoms with Crippen molar-refractivity contribution in [3.63, 3.8) is 0 Å². The highest BCUT2D eigenvalue weighted by Crippen LogP contribution is 2.36. The van der Waals surface area contributed by atoms with Crippen LogP contribution in [0.5, 0.6) is 0 Å². The van der Waals surface area contributed by atoms with Gasteiger partial charge in [-0.2, -0.15) is 16.9 Å². The Morgan fingerprint density at radius 3 is 2.93 bits per heavy atom. The molecule has 0 unspecified atom stereocenters. The summed E-state index contributed by atoms with van der Waals surface area (Å²) in [5.74, 6) is 2.41.